The quantitative estimate of drug-likeness (QED) is 0.200. The van der Waals surface area contributed by atoms with E-state index in [9.17, 15) is 26.4 Å². The lowest BCUT2D eigenvalue weighted by atomic mass is 9.91. The van der Waals surface area contributed by atoms with Crippen molar-refractivity contribution in [3.05, 3.63) is 95.7 Å². The fraction of sp³-hybridized carbons (Fsp3) is 0.353. The molecule has 250 valence electrons. The topological polar surface area (TPSA) is 106 Å². The number of nitrogens with one attached hydrogen (secondary N) is 2. The van der Waals surface area contributed by atoms with Crippen LogP contribution in [-0.2, 0) is 21.9 Å². The fourth-order valence-corrected chi connectivity index (χ4v) is 6.84. The first-order chi connectivity index (χ1) is 22.1. The van der Waals surface area contributed by atoms with Crippen molar-refractivity contribution in [3.63, 3.8) is 0 Å². The third-order valence-corrected chi connectivity index (χ3v) is 9.92. The minimum absolute atomic E-state index is 0.0770. The molecule has 47 heavy (non-hydrogen) atoms. The molecule has 0 radical (unpaired) electrons. The number of sulfonamides is 1. The van der Waals surface area contributed by atoms with Gasteiger partial charge in [0.15, 0.2) is 0 Å². The number of aromatic nitrogens is 2. The number of amides is 2. The smallest absolute Gasteiger partial charge is 0.406 e. The minimum Gasteiger partial charge on any atom is -0.406 e. The van der Waals surface area contributed by atoms with Gasteiger partial charge in [-0.1, -0.05) is 50.6 Å². The lowest BCUT2D eigenvalue weighted by Gasteiger charge is -2.31. The maximum Gasteiger partial charge on any atom is 0.573 e. The number of hydrogen-bond acceptors (Lipinski definition) is 5. The Morgan fingerprint density at radius 3 is 2.11 bits per heavy atom. The van der Waals surface area contributed by atoms with Gasteiger partial charge < -0.3 is 10.1 Å². The van der Waals surface area contributed by atoms with Gasteiger partial charge >= 0.3 is 12.4 Å². The summed E-state index contributed by atoms with van der Waals surface area (Å²) in [5.41, 5.74) is 4.27. The molecule has 1 aliphatic heterocycles. The molecule has 0 saturated carbocycles. The van der Waals surface area contributed by atoms with E-state index < -0.39 is 28.2 Å². The van der Waals surface area contributed by atoms with Gasteiger partial charge in [-0.3, -0.25) is 5.32 Å². The number of anilines is 2. The molecule has 0 aliphatic carbocycles. The average molecular weight is 670 g/mol. The first-order valence-electron chi connectivity index (χ1n) is 15.3. The van der Waals surface area contributed by atoms with Crippen molar-refractivity contribution in [1.29, 1.82) is 0 Å². The van der Waals surface area contributed by atoms with E-state index >= 15 is 0 Å². The molecule has 1 aromatic heterocycles. The summed E-state index contributed by atoms with van der Waals surface area (Å²) in [5, 5.41) is 10.6. The summed E-state index contributed by atoms with van der Waals surface area (Å²) < 4.78 is 70.3. The lowest BCUT2D eigenvalue weighted by Crippen LogP contribution is -2.38. The summed E-state index contributed by atoms with van der Waals surface area (Å²) in [6.45, 7) is 8.82. The van der Waals surface area contributed by atoms with Gasteiger partial charge in [-0.25, -0.2) is 17.9 Å². The summed E-state index contributed by atoms with van der Waals surface area (Å²) in [6, 6.07) is 21.2. The number of carbonyl (C=O) groups is 1. The largest absolute Gasteiger partial charge is 0.573 e. The molecule has 1 fully saturated rings. The Morgan fingerprint density at radius 1 is 0.915 bits per heavy atom. The third-order valence-electron chi connectivity index (χ3n) is 8.00. The fourth-order valence-electron chi connectivity index (χ4n) is 5.37. The highest BCUT2D eigenvalue weighted by Gasteiger charge is 2.32. The van der Waals surface area contributed by atoms with Crippen molar-refractivity contribution in [1.82, 2.24) is 14.1 Å². The van der Waals surface area contributed by atoms with Crippen molar-refractivity contribution < 1.29 is 31.1 Å². The van der Waals surface area contributed by atoms with Crippen LogP contribution in [0, 0.1) is 12.8 Å². The average Bonchev–Trinajstić information content (AvgIpc) is 3.42. The Bertz CT molecular complexity index is 1790. The molecule has 3 aromatic carbocycles. The summed E-state index contributed by atoms with van der Waals surface area (Å²) in [5.74, 6) is 0.330. The Balaban J connectivity index is 1.15. The summed E-state index contributed by atoms with van der Waals surface area (Å²) in [4.78, 5) is 12.9. The van der Waals surface area contributed by atoms with E-state index in [1.807, 2.05) is 61.5 Å². The molecule has 0 spiro atoms. The van der Waals surface area contributed by atoms with Gasteiger partial charge in [-0.05, 0) is 86.2 Å². The zero-order valence-corrected chi connectivity index (χ0v) is 27.5. The second-order valence-corrected chi connectivity index (χ2v) is 14.7. The highest BCUT2D eigenvalue weighted by molar-refractivity contribution is 7.89. The van der Waals surface area contributed by atoms with Crippen LogP contribution in [0.4, 0.5) is 29.5 Å². The van der Waals surface area contributed by atoms with Gasteiger partial charge in [-0.15, -0.1) is 13.2 Å². The number of hydrogen-bond donors (Lipinski definition) is 2. The van der Waals surface area contributed by atoms with Gasteiger partial charge in [0.25, 0.3) is 0 Å². The van der Waals surface area contributed by atoms with E-state index in [2.05, 4.69) is 36.1 Å². The number of piperidine rings is 1. The molecule has 5 rings (SSSR count). The van der Waals surface area contributed by atoms with Crippen LogP contribution in [0.2, 0.25) is 0 Å². The molecular weight excluding hydrogens is 631 g/mol. The Morgan fingerprint density at radius 2 is 1.53 bits per heavy atom. The number of aryl methyl sites for hydroxylation is 1. The van der Waals surface area contributed by atoms with Crippen molar-refractivity contribution in [2.24, 2.45) is 5.92 Å². The van der Waals surface area contributed by atoms with Crippen LogP contribution in [0.1, 0.15) is 50.4 Å². The first kappa shape index (κ1) is 34.0. The van der Waals surface area contributed by atoms with Crippen molar-refractivity contribution in [2.75, 3.05) is 23.7 Å². The van der Waals surface area contributed by atoms with Crippen molar-refractivity contribution >= 4 is 27.6 Å². The van der Waals surface area contributed by atoms with Crippen LogP contribution in [0.15, 0.2) is 83.8 Å². The molecule has 13 heteroatoms. The Hall–Kier alpha value is -4.36. The molecule has 0 atom stereocenters. The molecule has 4 aromatic rings. The van der Waals surface area contributed by atoms with Gasteiger partial charge in [-0.2, -0.15) is 9.40 Å². The van der Waals surface area contributed by atoms with Crippen LogP contribution >= 0.6 is 0 Å². The first-order valence-corrected chi connectivity index (χ1v) is 16.7. The Kier molecular flexibility index (Phi) is 9.69. The van der Waals surface area contributed by atoms with E-state index in [4.69, 9.17) is 5.10 Å². The van der Waals surface area contributed by atoms with E-state index in [0.29, 0.717) is 37.4 Å². The van der Waals surface area contributed by atoms with Crippen LogP contribution in [-0.4, -0.2) is 48.0 Å². The second kappa shape index (κ2) is 13.4. The molecule has 0 bridgehead atoms. The van der Waals surface area contributed by atoms with E-state index in [0.717, 1.165) is 53.2 Å². The van der Waals surface area contributed by atoms with Gasteiger partial charge in [0.05, 0.1) is 16.3 Å². The number of urea groups is 1. The number of halogens is 3. The number of nitrogens with zero attached hydrogens (tertiary/aromatic N) is 3. The lowest BCUT2D eigenvalue weighted by molar-refractivity contribution is -0.274. The van der Waals surface area contributed by atoms with Crippen molar-refractivity contribution in [2.45, 2.75) is 63.6 Å². The number of benzene rings is 3. The monoisotopic (exact) mass is 669 g/mol. The maximum atomic E-state index is 13.1. The van der Waals surface area contributed by atoms with Gasteiger partial charge in [0.2, 0.25) is 10.0 Å². The summed E-state index contributed by atoms with van der Waals surface area (Å²) >= 11 is 0. The molecule has 1 aliphatic rings. The minimum atomic E-state index is -4.85. The van der Waals surface area contributed by atoms with Crippen LogP contribution < -0.4 is 15.4 Å². The molecule has 0 unspecified atom stereocenters. The van der Waals surface area contributed by atoms with E-state index in [1.165, 1.54) is 4.31 Å². The second-order valence-electron chi connectivity index (χ2n) is 12.8. The highest BCUT2D eigenvalue weighted by atomic mass is 32.2. The maximum absolute atomic E-state index is 13.1. The molecular formula is C34H38F3N5O4S. The molecule has 1 saturated heterocycles. The molecule has 2 amide bonds. The predicted octanol–water partition coefficient (Wildman–Crippen LogP) is 7.66. The normalized spacial score (nSPS) is 15.0. The van der Waals surface area contributed by atoms with E-state index in [1.54, 1.807) is 4.68 Å². The number of alkyl halides is 3. The van der Waals surface area contributed by atoms with Crippen molar-refractivity contribution in [3.8, 4) is 11.4 Å². The summed E-state index contributed by atoms with van der Waals surface area (Å²) in [6.07, 6.45) is -2.82. The van der Waals surface area contributed by atoms with Crippen LogP contribution in [0.3, 0.4) is 0 Å². The van der Waals surface area contributed by atoms with Crippen LogP contribution in [0.25, 0.3) is 5.69 Å². The predicted molar refractivity (Wildman–Crippen MR) is 174 cm³/mol. The van der Waals surface area contributed by atoms with Gasteiger partial charge in [0.1, 0.15) is 11.6 Å². The SMILES string of the molecule is Cc1ccc(-n2nc(C(C)(C)C)cc2NC(=O)Nc2ccc(CC3CCN(S(=O)(=O)c4ccc(OC(F)(F)F)cc4)CC3)cc2)cc1. The number of ether oxygens (including phenoxy) is 1. The zero-order chi connectivity index (χ0) is 34.0. The Labute approximate surface area is 272 Å². The molecule has 2 heterocycles. The van der Waals surface area contributed by atoms with E-state index in [-0.39, 0.29) is 16.2 Å². The molecule has 9 nitrogen and oxygen atoms in total. The highest BCUT2D eigenvalue weighted by Crippen LogP contribution is 2.30. The van der Waals surface area contributed by atoms with Gasteiger partial charge in [0, 0.05) is 30.3 Å². The summed E-state index contributed by atoms with van der Waals surface area (Å²) in [7, 11) is -3.84. The standard InChI is InChI=1S/C34H38F3N5O4S/c1-23-5-11-27(12-6-23)42-31(22-30(40-42)33(2,3)4)39-32(43)38-26-9-7-24(8-10-26)21-25-17-19-41(20-18-25)47(44,45)29-15-13-28(14-16-29)46-34(35,36)37/h5-16,22,25H,17-21H2,1-4H3,(H2,38,39,43). The third kappa shape index (κ3) is 8.72. The molecule has 2 N–H and O–H groups in total. The number of carbonyl (C=O) groups excluding carboxylic acids is 1. The number of rotatable bonds is 8. The van der Waals surface area contributed by atoms with Crippen LogP contribution in [0.5, 0.6) is 5.75 Å². The zero-order valence-electron chi connectivity index (χ0n) is 26.6.